The fourth-order valence-corrected chi connectivity index (χ4v) is 2.25. The molecule has 1 aromatic heterocycles. The van der Waals surface area contributed by atoms with Crippen LogP contribution in [0.1, 0.15) is 16.1 Å². The summed E-state index contributed by atoms with van der Waals surface area (Å²) < 4.78 is 43.0. The fraction of sp³-hybridized carbons (Fsp3) is 0.111. The van der Waals surface area contributed by atoms with Crippen LogP contribution in [0.4, 0.5) is 18.9 Å². The summed E-state index contributed by atoms with van der Waals surface area (Å²) in [5.74, 6) is -0.299. The predicted molar refractivity (Wildman–Crippen MR) is 86.1 cm³/mol. The van der Waals surface area contributed by atoms with E-state index in [1.165, 1.54) is 23.3 Å². The molecule has 0 saturated heterocycles. The molecule has 3 rings (SSSR count). The molecule has 0 aliphatic carbocycles. The molecule has 2 aromatic carbocycles. The monoisotopic (exact) mass is 346 g/mol. The quantitative estimate of drug-likeness (QED) is 0.694. The number of halogens is 3. The minimum atomic E-state index is -4.41. The van der Waals surface area contributed by atoms with E-state index in [9.17, 15) is 18.0 Å². The second-order valence-electron chi connectivity index (χ2n) is 5.31. The van der Waals surface area contributed by atoms with Crippen molar-refractivity contribution in [3.8, 4) is 11.5 Å². The zero-order valence-electron chi connectivity index (χ0n) is 13.1. The van der Waals surface area contributed by atoms with E-state index >= 15 is 0 Å². The Morgan fingerprint density at radius 2 is 1.68 bits per heavy atom. The smallest absolute Gasteiger partial charge is 0.416 e. The molecule has 0 spiro atoms. The lowest BCUT2D eigenvalue weighted by atomic mass is 10.1. The van der Waals surface area contributed by atoms with Gasteiger partial charge in [0.1, 0.15) is 6.26 Å². The SMILES string of the molecule is CN(C(=O)c1coc(-c2ccc(C(F)(F)F)cc2)n1)c1ccccc1. The molecule has 1 amide bonds. The van der Waals surface area contributed by atoms with Crippen molar-refractivity contribution in [2.75, 3.05) is 11.9 Å². The molecule has 7 heteroatoms. The topological polar surface area (TPSA) is 46.3 Å². The molecule has 1 heterocycles. The van der Waals surface area contributed by atoms with Gasteiger partial charge >= 0.3 is 6.18 Å². The first kappa shape index (κ1) is 16.8. The van der Waals surface area contributed by atoms with Crippen molar-refractivity contribution < 1.29 is 22.4 Å². The van der Waals surface area contributed by atoms with E-state index in [4.69, 9.17) is 4.42 Å². The molecule has 0 fully saturated rings. The van der Waals surface area contributed by atoms with Crippen LogP contribution in [0.2, 0.25) is 0 Å². The van der Waals surface area contributed by atoms with Crippen molar-refractivity contribution in [3.05, 3.63) is 72.1 Å². The summed E-state index contributed by atoms with van der Waals surface area (Å²) in [5, 5.41) is 0. The average molecular weight is 346 g/mol. The van der Waals surface area contributed by atoms with Gasteiger partial charge in [-0.15, -0.1) is 0 Å². The van der Waals surface area contributed by atoms with Gasteiger partial charge < -0.3 is 9.32 Å². The first-order valence-corrected chi connectivity index (χ1v) is 7.32. The van der Waals surface area contributed by atoms with Crippen molar-refractivity contribution in [2.24, 2.45) is 0 Å². The minimum Gasteiger partial charge on any atom is -0.444 e. The number of alkyl halides is 3. The van der Waals surface area contributed by atoms with Gasteiger partial charge in [0, 0.05) is 18.3 Å². The molecule has 0 bridgehead atoms. The van der Waals surface area contributed by atoms with Gasteiger partial charge in [-0.05, 0) is 36.4 Å². The Labute approximate surface area is 141 Å². The lowest BCUT2D eigenvalue weighted by Crippen LogP contribution is -2.26. The average Bonchev–Trinajstić information content (AvgIpc) is 3.10. The van der Waals surface area contributed by atoms with E-state index in [-0.39, 0.29) is 17.5 Å². The number of rotatable bonds is 3. The summed E-state index contributed by atoms with van der Waals surface area (Å²) in [6, 6.07) is 13.4. The van der Waals surface area contributed by atoms with E-state index in [1.54, 1.807) is 31.3 Å². The van der Waals surface area contributed by atoms with Crippen molar-refractivity contribution in [1.82, 2.24) is 4.98 Å². The Bertz CT molecular complexity index is 871. The van der Waals surface area contributed by atoms with E-state index in [2.05, 4.69) is 4.98 Å². The second-order valence-corrected chi connectivity index (χ2v) is 5.31. The molecule has 0 atom stereocenters. The number of hydrogen-bond acceptors (Lipinski definition) is 3. The van der Waals surface area contributed by atoms with Gasteiger partial charge in [-0.3, -0.25) is 4.79 Å². The molecular weight excluding hydrogens is 333 g/mol. The number of amides is 1. The van der Waals surface area contributed by atoms with E-state index in [0.29, 0.717) is 11.3 Å². The predicted octanol–water partition coefficient (Wildman–Crippen LogP) is 4.64. The van der Waals surface area contributed by atoms with Crippen LogP contribution >= 0.6 is 0 Å². The standard InChI is InChI=1S/C18H13F3N2O2/c1-23(14-5-3-2-4-6-14)17(24)15-11-25-16(22-15)12-7-9-13(10-8-12)18(19,20)21/h2-11H,1H3. The van der Waals surface area contributed by atoms with Crippen molar-refractivity contribution >= 4 is 11.6 Å². The molecule has 0 N–H and O–H groups in total. The van der Waals surface area contributed by atoms with Crippen LogP contribution in [0.15, 0.2) is 65.3 Å². The Hall–Kier alpha value is -3.09. The lowest BCUT2D eigenvalue weighted by molar-refractivity contribution is -0.137. The zero-order valence-corrected chi connectivity index (χ0v) is 13.1. The van der Waals surface area contributed by atoms with Gasteiger partial charge in [-0.1, -0.05) is 18.2 Å². The molecule has 0 unspecified atom stereocenters. The summed E-state index contributed by atoms with van der Waals surface area (Å²) in [6.45, 7) is 0. The third-order valence-corrected chi connectivity index (χ3v) is 3.63. The molecule has 25 heavy (non-hydrogen) atoms. The fourth-order valence-electron chi connectivity index (χ4n) is 2.25. The van der Waals surface area contributed by atoms with Crippen LogP contribution in [0, 0.1) is 0 Å². The number of benzene rings is 2. The maximum absolute atomic E-state index is 12.6. The van der Waals surface area contributed by atoms with E-state index < -0.39 is 11.7 Å². The first-order valence-electron chi connectivity index (χ1n) is 7.32. The third kappa shape index (κ3) is 3.55. The van der Waals surface area contributed by atoms with Gasteiger partial charge in [0.05, 0.1) is 5.56 Å². The number of carbonyl (C=O) groups is 1. The summed E-state index contributed by atoms with van der Waals surface area (Å²) in [4.78, 5) is 17.9. The normalized spacial score (nSPS) is 11.4. The van der Waals surface area contributed by atoms with Crippen LogP contribution in [-0.4, -0.2) is 17.9 Å². The number of oxazole rings is 1. The minimum absolute atomic E-state index is 0.0706. The molecule has 4 nitrogen and oxygen atoms in total. The Balaban J connectivity index is 1.81. The highest BCUT2D eigenvalue weighted by atomic mass is 19.4. The summed E-state index contributed by atoms with van der Waals surface area (Å²) >= 11 is 0. The number of nitrogens with zero attached hydrogens (tertiary/aromatic N) is 2. The van der Waals surface area contributed by atoms with Crippen LogP contribution in [0.3, 0.4) is 0 Å². The first-order chi connectivity index (χ1) is 11.9. The molecular formula is C18H13F3N2O2. The number of hydrogen-bond donors (Lipinski definition) is 0. The Morgan fingerprint density at radius 3 is 2.28 bits per heavy atom. The summed E-state index contributed by atoms with van der Waals surface area (Å²) in [7, 11) is 1.60. The summed E-state index contributed by atoms with van der Waals surface area (Å²) in [6.07, 6.45) is -3.22. The van der Waals surface area contributed by atoms with Crippen LogP contribution in [0.25, 0.3) is 11.5 Å². The zero-order chi connectivity index (χ0) is 18.0. The van der Waals surface area contributed by atoms with Gasteiger partial charge in [0.2, 0.25) is 5.89 Å². The maximum atomic E-state index is 12.6. The van der Waals surface area contributed by atoms with Gasteiger partial charge in [-0.2, -0.15) is 13.2 Å². The second kappa shape index (κ2) is 6.43. The van der Waals surface area contributed by atoms with Gasteiger partial charge in [-0.25, -0.2) is 4.98 Å². The number of anilines is 1. The van der Waals surface area contributed by atoms with Crippen molar-refractivity contribution in [1.29, 1.82) is 0 Å². The van der Waals surface area contributed by atoms with Crippen molar-refractivity contribution in [2.45, 2.75) is 6.18 Å². The highest BCUT2D eigenvalue weighted by Crippen LogP contribution is 2.30. The van der Waals surface area contributed by atoms with Crippen LogP contribution in [-0.2, 0) is 6.18 Å². The largest absolute Gasteiger partial charge is 0.444 e. The van der Waals surface area contributed by atoms with E-state index in [1.807, 2.05) is 6.07 Å². The van der Waals surface area contributed by atoms with Crippen LogP contribution in [0.5, 0.6) is 0 Å². The number of aromatic nitrogens is 1. The number of para-hydroxylation sites is 1. The molecule has 128 valence electrons. The van der Waals surface area contributed by atoms with Crippen LogP contribution < -0.4 is 4.90 Å². The highest BCUT2D eigenvalue weighted by molar-refractivity contribution is 6.04. The molecule has 0 aliphatic heterocycles. The molecule has 0 saturated carbocycles. The Kier molecular flexibility index (Phi) is 4.31. The molecule has 0 radical (unpaired) electrons. The highest BCUT2D eigenvalue weighted by Gasteiger charge is 2.30. The maximum Gasteiger partial charge on any atom is 0.416 e. The lowest BCUT2D eigenvalue weighted by Gasteiger charge is -2.15. The van der Waals surface area contributed by atoms with Crippen molar-refractivity contribution in [3.63, 3.8) is 0 Å². The van der Waals surface area contributed by atoms with Gasteiger partial charge in [0.15, 0.2) is 5.69 Å². The van der Waals surface area contributed by atoms with Gasteiger partial charge in [0.25, 0.3) is 5.91 Å². The number of carbonyl (C=O) groups excluding carboxylic acids is 1. The van der Waals surface area contributed by atoms with E-state index in [0.717, 1.165) is 12.1 Å². The Morgan fingerprint density at radius 1 is 1.04 bits per heavy atom. The molecule has 0 aliphatic rings. The third-order valence-electron chi connectivity index (χ3n) is 3.63. The molecule has 3 aromatic rings. The summed E-state index contributed by atoms with van der Waals surface area (Å²) in [5.41, 5.74) is 0.352.